The number of pyridine rings is 1. The highest BCUT2D eigenvalue weighted by Gasteiger charge is 2.15. The van der Waals surface area contributed by atoms with E-state index < -0.39 is 0 Å². The number of fused-ring (bicyclic) bond motifs is 2. The average molecular weight is 315 g/mol. The molecule has 4 heterocycles. The first-order valence-electron chi connectivity index (χ1n) is 7.57. The number of para-hydroxylation sites is 2. The van der Waals surface area contributed by atoms with Gasteiger partial charge in [-0.05, 0) is 24.3 Å². The molecule has 0 saturated heterocycles. The molecule has 7 nitrogen and oxygen atoms in total. The number of H-pyrrole nitrogens is 2. The Morgan fingerprint density at radius 2 is 1.92 bits per heavy atom. The van der Waals surface area contributed by atoms with E-state index in [1.165, 1.54) is 0 Å². The maximum absolute atomic E-state index is 4.76. The quantitative estimate of drug-likeness (QED) is 0.524. The summed E-state index contributed by atoms with van der Waals surface area (Å²) in [5.41, 5.74) is 6.09. The van der Waals surface area contributed by atoms with Crippen LogP contribution in [0.5, 0.6) is 0 Å². The molecule has 0 aliphatic rings. The molecule has 5 rings (SSSR count). The highest BCUT2D eigenvalue weighted by atomic mass is 15.2. The van der Waals surface area contributed by atoms with Crippen molar-refractivity contribution in [2.75, 3.05) is 0 Å². The van der Waals surface area contributed by atoms with Crippen molar-refractivity contribution in [3.63, 3.8) is 0 Å². The van der Waals surface area contributed by atoms with Crippen LogP contribution in [0.3, 0.4) is 0 Å². The molecule has 0 radical (unpaired) electrons. The standard InChI is InChI=1S/C17H13N7/c1-24-9-10(8-18-24)11-6-7-14-15(19-11)16(23-22-14)17-20-12-4-2-3-5-13(12)21-17/h2-9H,1H3,(H,20,21)(H,22,23). The molecule has 0 bridgehead atoms. The minimum absolute atomic E-state index is 0.707. The number of aromatic amines is 2. The Kier molecular flexibility index (Phi) is 2.58. The Morgan fingerprint density at radius 3 is 2.75 bits per heavy atom. The van der Waals surface area contributed by atoms with E-state index in [0.29, 0.717) is 11.5 Å². The van der Waals surface area contributed by atoms with Crippen LogP contribution in [0.1, 0.15) is 0 Å². The Labute approximate surface area is 136 Å². The van der Waals surface area contributed by atoms with E-state index in [4.69, 9.17) is 4.98 Å². The Balaban J connectivity index is 1.70. The first kappa shape index (κ1) is 13.0. The van der Waals surface area contributed by atoms with E-state index >= 15 is 0 Å². The molecule has 116 valence electrons. The molecule has 0 amide bonds. The van der Waals surface area contributed by atoms with Crippen LogP contribution in [0.4, 0.5) is 0 Å². The van der Waals surface area contributed by atoms with Gasteiger partial charge in [0, 0.05) is 18.8 Å². The predicted molar refractivity (Wildman–Crippen MR) is 91.2 cm³/mol. The lowest BCUT2D eigenvalue weighted by Crippen LogP contribution is -1.86. The SMILES string of the molecule is Cn1cc(-c2ccc3[nH]nc(-c4nc5ccccc5[nH]4)c3n2)cn1. The van der Waals surface area contributed by atoms with Crippen molar-refractivity contribution < 1.29 is 0 Å². The van der Waals surface area contributed by atoms with Crippen molar-refractivity contribution in [2.24, 2.45) is 7.05 Å². The van der Waals surface area contributed by atoms with Crippen LogP contribution >= 0.6 is 0 Å². The van der Waals surface area contributed by atoms with Gasteiger partial charge in [0.15, 0.2) is 11.5 Å². The zero-order valence-electron chi connectivity index (χ0n) is 12.9. The van der Waals surface area contributed by atoms with Gasteiger partial charge in [-0.25, -0.2) is 9.97 Å². The van der Waals surface area contributed by atoms with Crippen molar-refractivity contribution in [2.45, 2.75) is 0 Å². The van der Waals surface area contributed by atoms with Gasteiger partial charge in [-0.1, -0.05) is 12.1 Å². The van der Waals surface area contributed by atoms with Crippen LogP contribution in [0, 0.1) is 0 Å². The van der Waals surface area contributed by atoms with Crippen LogP contribution in [0.2, 0.25) is 0 Å². The summed E-state index contributed by atoms with van der Waals surface area (Å²) in [6.45, 7) is 0. The van der Waals surface area contributed by atoms with Crippen molar-refractivity contribution >= 4 is 22.1 Å². The summed E-state index contributed by atoms with van der Waals surface area (Å²) in [6, 6.07) is 11.8. The molecule has 0 spiro atoms. The number of rotatable bonds is 2. The number of aryl methyl sites for hydroxylation is 1. The highest BCUT2D eigenvalue weighted by Crippen LogP contribution is 2.27. The van der Waals surface area contributed by atoms with Crippen LogP contribution < -0.4 is 0 Å². The molecule has 24 heavy (non-hydrogen) atoms. The van der Waals surface area contributed by atoms with Gasteiger partial charge in [0.25, 0.3) is 0 Å². The highest BCUT2D eigenvalue weighted by molar-refractivity contribution is 5.91. The van der Waals surface area contributed by atoms with Gasteiger partial charge in [0.05, 0.1) is 28.4 Å². The summed E-state index contributed by atoms with van der Waals surface area (Å²) in [7, 11) is 1.89. The fourth-order valence-electron chi connectivity index (χ4n) is 2.84. The molecular weight excluding hydrogens is 302 g/mol. The zero-order chi connectivity index (χ0) is 16.1. The van der Waals surface area contributed by atoms with E-state index in [2.05, 4.69) is 25.3 Å². The van der Waals surface area contributed by atoms with E-state index in [1.807, 2.05) is 49.6 Å². The lowest BCUT2D eigenvalue weighted by Gasteiger charge is -1.97. The third-order valence-electron chi connectivity index (χ3n) is 4.02. The third-order valence-corrected chi connectivity index (χ3v) is 4.02. The summed E-state index contributed by atoms with van der Waals surface area (Å²) < 4.78 is 1.76. The Morgan fingerprint density at radius 1 is 1.00 bits per heavy atom. The summed E-state index contributed by atoms with van der Waals surface area (Å²) in [6.07, 6.45) is 3.74. The number of aromatic nitrogens is 7. The number of nitrogens with zero attached hydrogens (tertiary/aromatic N) is 5. The molecule has 0 atom stereocenters. The first-order valence-corrected chi connectivity index (χ1v) is 7.57. The third kappa shape index (κ3) is 1.91. The molecule has 0 saturated carbocycles. The smallest absolute Gasteiger partial charge is 0.161 e. The molecule has 2 N–H and O–H groups in total. The minimum Gasteiger partial charge on any atom is -0.337 e. The average Bonchev–Trinajstić information content (AvgIpc) is 3.30. The van der Waals surface area contributed by atoms with E-state index in [0.717, 1.165) is 33.3 Å². The molecule has 0 aliphatic heterocycles. The predicted octanol–water partition coefficient (Wildman–Crippen LogP) is 2.90. The molecule has 4 aromatic heterocycles. The fourth-order valence-corrected chi connectivity index (χ4v) is 2.84. The number of benzene rings is 1. The summed E-state index contributed by atoms with van der Waals surface area (Å²) in [5.74, 6) is 0.707. The second-order valence-corrected chi connectivity index (χ2v) is 5.67. The van der Waals surface area contributed by atoms with Gasteiger partial charge in [-0.2, -0.15) is 10.2 Å². The van der Waals surface area contributed by atoms with Crippen molar-refractivity contribution in [1.82, 2.24) is 34.9 Å². The monoisotopic (exact) mass is 315 g/mol. The van der Waals surface area contributed by atoms with Gasteiger partial charge in [-0.3, -0.25) is 9.78 Å². The lowest BCUT2D eigenvalue weighted by molar-refractivity contribution is 0.768. The van der Waals surface area contributed by atoms with E-state index in [-0.39, 0.29) is 0 Å². The number of hydrogen-bond donors (Lipinski definition) is 2. The van der Waals surface area contributed by atoms with Gasteiger partial charge in [0.1, 0.15) is 5.52 Å². The van der Waals surface area contributed by atoms with Gasteiger partial charge in [0.2, 0.25) is 0 Å². The normalized spacial score (nSPS) is 11.5. The number of nitrogens with one attached hydrogen (secondary N) is 2. The maximum Gasteiger partial charge on any atom is 0.161 e. The second-order valence-electron chi connectivity index (χ2n) is 5.67. The van der Waals surface area contributed by atoms with Crippen LogP contribution in [-0.2, 0) is 7.05 Å². The largest absolute Gasteiger partial charge is 0.337 e. The molecule has 0 unspecified atom stereocenters. The molecule has 7 heteroatoms. The second kappa shape index (κ2) is 4.76. The van der Waals surface area contributed by atoms with Crippen molar-refractivity contribution in [3.8, 4) is 22.8 Å². The molecular formula is C17H13N7. The fraction of sp³-hybridized carbons (Fsp3) is 0.0588. The Hall–Kier alpha value is -3.48. The summed E-state index contributed by atoms with van der Waals surface area (Å²) in [4.78, 5) is 12.7. The molecule has 0 fully saturated rings. The number of imidazole rings is 1. The maximum atomic E-state index is 4.76. The van der Waals surface area contributed by atoms with E-state index in [1.54, 1.807) is 10.9 Å². The van der Waals surface area contributed by atoms with Crippen molar-refractivity contribution in [1.29, 1.82) is 0 Å². The van der Waals surface area contributed by atoms with Crippen LogP contribution in [0.15, 0.2) is 48.8 Å². The topological polar surface area (TPSA) is 88.1 Å². The Bertz CT molecular complexity index is 1150. The molecule has 1 aromatic carbocycles. The minimum atomic E-state index is 0.707. The van der Waals surface area contributed by atoms with Gasteiger partial charge >= 0.3 is 0 Å². The lowest BCUT2D eigenvalue weighted by atomic mass is 10.2. The zero-order valence-corrected chi connectivity index (χ0v) is 12.9. The number of hydrogen-bond acceptors (Lipinski definition) is 4. The molecule has 5 aromatic rings. The van der Waals surface area contributed by atoms with Crippen LogP contribution in [0.25, 0.3) is 44.8 Å². The molecule has 0 aliphatic carbocycles. The van der Waals surface area contributed by atoms with Gasteiger partial charge in [-0.15, -0.1) is 0 Å². The summed E-state index contributed by atoms with van der Waals surface area (Å²) in [5, 5.41) is 11.6. The first-order chi connectivity index (χ1) is 11.8. The van der Waals surface area contributed by atoms with Gasteiger partial charge < -0.3 is 4.98 Å². The summed E-state index contributed by atoms with van der Waals surface area (Å²) >= 11 is 0. The van der Waals surface area contributed by atoms with Crippen molar-refractivity contribution in [3.05, 3.63) is 48.8 Å². The van der Waals surface area contributed by atoms with E-state index in [9.17, 15) is 0 Å². The van der Waals surface area contributed by atoms with Crippen LogP contribution in [-0.4, -0.2) is 34.9 Å².